The maximum atomic E-state index is 14.5. The molecule has 1 aromatic rings. The Hall–Kier alpha value is -1.01. The number of hydrogen-bond acceptors (Lipinski definition) is 3. The third-order valence-electron chi connectivity index (χ3n) is 3.77. The van der Waals surface area contributed by atoms with E-state index in [0.29, 0.717) is 32.2 Å². The Morgan fingerprint density at radius 3 is 2.75 bits per heavy atom. The van der Waals surface area contributed by atoms with Crippen LogP contribution in [0.4, 0.5) is 4.39 Å². The topological polar surface area (TPSA) is 62.2 Å². The lowest BCUT2D eigenvalue weighted by atomic mass is 9.80. The molecule has 0 saturated heterocycles. The highest BCUT2D eigenvalue weighted by atomic mass is 79.9. The van der Waals surface area contributed by atoms with Gasteiger partial charge in [0.1, 0.15) is 5.67 Å². The number of nitrogens with zero attached hydrogens (tertiary/aromatic N) is 1. The molecule has 0 amide bonds. The van der Waals surface area contributed by atoms with Gasteiger partial charge in [-0.3, -0.25) is 9.78 Å². The number of halogens is 2. The van der Waals surface area contributed by atoms with Crippen LogP contribution in [0.3, 0.4) is 0 Å². The van der Waals surface area contributed by atoms with Crippen molar-refractivity contribution < 1.29 is 14.3 Å². The fourth-order valence-corrected chi connectivity index (χ4v) is 2.72. The summed E-state index contributed by atoms with van der Waals surface area (Å²) >= 11 is 3.31. The zero-order valence-corrected chi connectivity index (χ0v) is 12.7. The molecule has 1 aromatic heterocycles. The minimum absolute atomic E-state index is 0.247. The van der Waals surface area contributed by atoms with Gasteiger partial charge in [-0.05, 0) is 53.7 Å². The molecule has 6 heteroatoms. The van der Waals surface area contributed by atoms with Crippen molar-refractivity contribution in [1.82, 2.24) is 10.3 Å². The molecule has 1 saturated carbocycles. The van der Waals surface area contributed by atoms with Crippen LogP contribution in [0, 0.1) is 5.92 Å². The number of carbonyl (C=O) groups is 1. The highest BCUT2D eigenvalue weighted by Crippen LogP contribution is 2.34. The van der Waals surface area contributed by atoms with Gasteiger partial charge in [-0.1, -0.05) is 0 Å². The fourth-order valence-electron chi connectivity index (χ4n) is 2.48. The Morgan fingerprint density at radius 1 is 1.50 bits per heavy atom. The van der Waals surface area contributed by atoms with Crippen molar-refractivity contribution in [1.29, 1.82) is 0 Å². The van der Waals surface area contributed by atoms with Crippen LogP contribution in [0.25, 0.3) is 0 Å². The van der Waals surface area contributed by atoms with E-state index < -0.39 is 11.6 Å². The van der Waals surface area contributed by atoms with E-state index >= 15 is 0 Å². The van der Waals surface area contributed by atoms with Crippen LogP contribution in [-0.4, -0.2) is 28.3 Å². The maximum absolute atomic E-state index is 14.5. The van der Waals surface area contributed by atoms with Crippen LogP contribution in [0.15, 0.2) is 22.8 Å². The summed E-state index contributed by atoms with van der Waals surface area (Å²) in [5.41, 5.74) is -0.433. The summed E-state index contributed by atoms with van der Waals surface area (Å²) in [6, 6.07) is 3.77. The quantitative estimate of drug-likeness (QED) is 0.861. The molecule has 1 fully saturated rings. The predicted octanol–water partition coefficient (Wildman–Crippen LogP) is 2.92. The number of carboxylic acid groups (broad SMARTS) is 1. The zero-order valence-electron chi connectivity index (χ0n) is 11.1. The predicted molar refractivity (Wildman–Crippen MR) is 77.1 cm³/mol. The summed E-state index contributed by atoms with van der Waals surface area (Å²) in [6.45, 7) is 0.762. The molecule has 2 rings (SSSR count). The van der Waals surface area contributed by atoms with Gasteiger partial charge in [0.15, 0.2) is 0 Å². The van der Waals surface area contributed by atoms with E-state index in [0.717, 1.165) is 10.2 Å². The first kappa shape index (κ1) is 15.4. The average molecular weight is 345 g/mol. The molecule has 0 aliphatic heterocycles. The van der Waals surface area contributed by atoms with E-state index in [1.165, 1.54) is 0 Å². The Kier molecular flexibility index (Phi) is 5.10. The number of aliphatic carboxylic acids is 1. The molecule has 0 bridgehead atoms. The van der Waals surface area contributed by atoms with Crippen molar-refractivity contribution in [3.8, 4) is 0 Å². The highest BCUT2D eigenvalue weighted by Gasteiger charge is 2.37. The molecular formula is C14H18BrFN2O2. The number of nitrogens with one attached hydrogen (secondary N) is 1. The van der Waals surface area contributed by atoms with Gasteiger partial charge in [0, 0.05) is 23.8 Å². The van der Waals surface area contributed by atoms with E-state index in [2.05, 4.69) is 26.2 Å². The first-order valence-electron chi connectivity index (χ1n) is 6.71. The molecule has 1 heterocycles. The summed E-state index contributed by atoms with van der Waals surface area (Å²) in [5.74, 6) is -1.19. The van der Waals surface area contributed by atoms with Crippen molar-refractivity contribution in [2.75, 3.05) is 6.54 Å². The lowest BCUT2D eigenvalue weighted by molar-refractivity contribution is -0.143. The lowest BCUT2D eigenvalue weighted by Crippen LogP contribution is -2.40. The molecular weight excluding hydrogens is 327 g/mol. The number of pyridine rings is 1. The van der Waals surface area contributed by atoms with Crippen molar-refractivity contribution in [2.45, 2.75) is 37.9 Å². The van der Waals surface area contributed by atoms with Crippen LogP contribution in [0.2, 0.25) is 0 Å². The standard InChI is InChI=1S/C14H18BrFN2O2/c15-11-1-2-12(18-7-11)8-17-9-14(16)5-3-10(4-6-14)13(19)20/h1-2,7,10,17H,3-6,8-9H2,(H,19,20). The summed E-state index contributed by atoms with van der Waals surface area (Å²) in [6.07, 6.45) is 3.17. The second-order valence-corrected chi connectivity index (χ2v) is 6.25. The van der Waals surface area contributed by atoms with Gasteiger partial charge in [0.25, 0.3) is 0 Å². The summed E-state index contributed by atoms with van der Waals surface area (Å²) in [7, 11) is 0. The largest absolute Gasteiger partial charge is 0.481 e. The van der Waals surface area contributed by atoms with Crippen LogP contribution in [0.5, 0.6) is 0 Å². The Morgan fingerprint density at radius 2 is 2.20 bits per heavy atom. The van der Waals surface area contributed by atoms with Crippen molar-refractivity contribution in [3.63, 3.8) is 0 Å². The van der Waals surface area contributed by atoms with Crippen LogP contribution in [0.1, 0.15) is 31.4 Å². The summed E-state index contributed by atoms with van der Waals surface area (Å²) in [4.78, 5) is 15.1. The van der Waals surface area contributed by atoms with Crippen molar-refractivity contribution >= 4 is 21.9 Å². The Labute approximate surface area is 125 Å². The molecule has 110 valence electrons. The van der Waals surface area contributed by atoms with Crippen molar-refractivity contribution in [3.05, 3.63) is 28.5 Å². The monoisotopic (exact) mass is 344 g/mol. The van der Waals surface area contributed by atoms with Crippen LogP contribution in [-0.2, 0) is 11.3 Å². The van der Waals surface area contributed by atoms with Gasteiger partial charge in [0.05, 0.1) is 11.6 Å². The van der Waals surface area contributed by atoms with E-state index in [1.54, 1.807) is 6.20 Å². The molecule has 20 heavy (non-hydrogen) atoms. The molecule has 0 radical (unpaired) electrons. The Bertz CT molecular complexity index is 459. The molecule has 1 aliphatic carbocycles. The SMILES string of the molecule is O=C(O)C1CCC(F)(CNCc2ccc(Br)cn2)CC1. The minimum atomic E-state index is -1.29. The number of rotatable bonds is 5. The highest BCUT2D eigenvalue weighted by molar-refractivity contribution is 9.10. The number of alkyl halides is 1. The van der Waals surface area contributed by atoms with Gasteiger partial charge in [0.2, 0.25) is 0 Å². The Balaban J connectivity index is 1.76. The molecule has 0 atom stereocenters. The molecule has 2 N–H and O–H groups in total. The van der Waals surface area contributed by atoms with Gasteiger partial charge in [-0.2, -0.15) is 0 Å². The summed E-state index contributed by atoms with van der Waals surface area (Å²) < 4.78 is 15.4. The van der Waals surface area contributed by atoms with E-state index in [-0.39, 0.29) is 12.5 Å². The number of carboxylic acids is 1. The second-order valence-electron chi connectivity index (χ2n) is 5.33. The molecule has 0 unspecified atom stereocenters. The first-order valence-corrected chi connectivity index (χ1v) is 7.51. The number of aromatic nitrogens is 1. The molecule has 4 nitrogen and oxygen atoms in total. The van der Waals surface area contributed by atoms with Crippen molar-refractivity contribution in [2.24, 2.45) is 5.92 Å². The van der Waals surface area contributed by atoms with Gasteiger partial charge >= 0.3 is 5.97 Å². The van der Waals surface area contributed by atoms with Crippen LogP contribution >= 0.6 is 15.9 Å². The fraction of sp³-hybridized carbons (Fsp3) is 0.571. The van der Waals surface area contributed by atoms with Gasteiger partial charge in [-0.15, -0.1) is 0 Å². The van der Waals surface area contributed by atoms with E-state index in [4.69, 9.17) is 5.11 Å². The van der Waals surface area contributed by atoms with Gasteiger partial charge in [-0.25, -0.2) is 4.39 Å². The molecule has 1 aliphatic rings. The molecule has 0 spiro atoms. The summed E-state index contributed by atoms with van der Waals surface area (Å²) in [5, 5.41) is 12.0. The van der Waals surface area contributed by atoms with E-state index in [1.807, 2.05) is 12.1 Å². The maximum Gasteiger partial charge on any atom is 0.306 e. The third kappa shape index (κ3) is 4.24. The molecule has 0 aromatic carbocycles. The van der Waals surface area contributed by atoms with E-state index in [9.17, 15) is 9.18 Å². The number of hydrogen-bond donors (Lipinski definition) is 2. The minimum Gasteiger partial charge on any atom is -0.481 e. The van der Waals surface area contributed by atoms with Gasteiger partial charge < -0.3 is 10.4 Å². The van der Waals surface area contributed by atoms with Crippen LogP contribution < -0.4 is 5.32 Å². The third-order valence-corrected chi connectivity index (χ3v) is 4.24. The normalized spacial score (nSPS) is 26.4. The average Bonchev–Trinajstić information content (AvgIpc) is 2.41. The second kappa shape index (κ2) is 6.63. The zero-order chi connectivity index (χ0) is 14.6. The first-order chi connectivity index (χ1) is 9.48. The lowest BCUT2D eigenvalue weighted by Gasteiger charge is -2.32. The smallest absolute Gasteiger partial charge is 0.306 e.